The standard InChI is InChI=1S/C21H28N4O4S/c1-13-9-14(2)19(15(3)10-13)23-21(27)16-5-7-25(8-6-16)30(28,29)17-11-18(20(22)26)24(4)12-17/h9-12,16H,5-8H2,1-4H3,(H2,22,26)(H,23,27). The summed E-state index contributed by atoms with van der Waals surface area (Å²) < 4.78 is 28.6. The van der Waals surface area contributed by atoms with Crippen LogP contribution in [0.4, 0.5) is 5.69 Å². The summed E-state index contributed by atoms with van der Waals surface area (Å²) in [5.74, 6) is -1.03. The van der Waals surface area contributed by atoms with Crippen molar-refractivity contribution in [2.45, 2.75) is 38.5 Å². The molecule has 162 valence electrons. The van der Waals surface area contributed by atoms with E-state index in [0.29, 0.717) is 12.8 Å². The van der Waals surface area contributed by atoms with E-state index < -0.39 is 15.9 Å². The number of piperidine rings is 1. The molecule has 30 heavy (non-hydrogen) atoms. The normalized spacial score (nSPS) is 15.9. The number of carbonyl (C=O) groups excluding carboxylic acids is 2. The molecular formula is C21H28N4O4S. The molecule has 1 aromatic carbocycles. The number of aryl methyl sites for hydroxylation is 4. The maximum Gasteiger partial charge on any atom is 0.265 e. The summed E-state index contributed by atoms with van der Waals surface area (Å²) in [5.41, 5.74) is 9.40. The van der Waals surface area contributed by atoms with Crippen LogP contribution in [0.2, 0.25) is 0 Å². The van der Waals surface area contributed by atoms with Crippen LogP contribution in [0.5, 0.6) is 0 Å². The summed E-state index contributed by atoms with van der Waals surface area (Å²) in [6, 6.07) is 5.34. The monoisotopic (exact) mass is 432 g/mol. The second-order valence-electron chi connectivity index (χ2n) is 7.98. The van der Waals surface area contributed by atoms with Crippen molar-refractivity contribution in [1.82, 2.24) is 8.87 Å². The van der Waals surface area contributed by atoms with E-state index in [4.69, 9.17) is 5.73 Å². The summed E-state index contributed by atoms with van der Waals surface area (Å²) in [7, 11) is -2.18. The van der Waals surface area contributed by atoms with E-state index in [9.17, 15) is 18.0 Å². The zero-order valence-corrected chi connectivity index (χ0v) is 18.5. The zero-order chi connectivity index (χ0) is 22.2. The molecule has 9 heteroatoms. The molecule has 1 aliphatic rings. The van der Waals surface area contributed by atoms with Crippen LogP contribution in [0, 0.1) is 26.7 Å². The van der Waals surface area contributed by atoms with E-state index >= 15 is 0 Å². The van der Waals surface area contributed by atoms with Gasteiger partial charge in [-0.25, -0.2) is 8.42 Å². The third kappa shape index (κ3) is 4.27. The lowest BCUT2D eigenvalue weighted by molar-refractivity contribution is -0.120. The third-order valence-corrected chi connectivity index (χ3v) is 7.48. The van der Waals surface area contributed by atoms with Crippen molar-refractivity contribution >= 4 is 27.5 Å². The fraction of sp³-hybridized carbons (Fsp3) is 0.429. The number of rotatable bonds is 5. The van der Waals surface area contributed by atoms with Gasteiger partial charge in [-0.3, -0.25) is 9.59 Å². The van der Waals surface area contributed by atoms with Gasteiger partial charge in [0.15, 0.2) is 0 Å². The number of benzene rings is 1. The van der Waals surface area contributed by atoms with E-state index in [0.717, 1.165) is 22.4 Å². The topological polar surface area (TPSA) is 114 Å². The first kappa shape index (κ1) is 22.0. The largest absolute Gasteiger partial charge is 0.364 e. The molecule has 1 aromatic heterocycles. The van der Waals surface area contributed by atoms with Crippen molar-refractivity contribution < 1.29 is 18.0 Å². The highest BCUT2D eigenvalue weighted by molar-refractivity contribution is 7.89. The second kappa shape index (κ2) is 8.23. The highest BCUT2D eigenvalue weighted by Crippen LogP contribution is 2.27. The smallest absolute Gasteiger partial charge is 0.265 e. The van der Waals surface area contributed by atoms with Gasteiger partial charge >= 0.3 is 0 Å². The minimum Gasteiger partial charge on any atom is -0.364 e. The van der Waals surface area contributed by atoms with Crippen LogP contribution in [0.15, 0.2) is 29.3 Å². The van der Waals surface area contributed by atoms with Crippen molar-refractivity contribution in [3.63, 3.8) is 0 Å². The van der Waals surface area contributed by atoms with Gasteiger partial charge in [0.25, 0.3) is 5.91 Å². The molecule has 2 heterocycles. The maximum absolute atomic E-state index is 12.9. The molecule has 0 saturated carbocycles. The SMILES string of the molecule is Cc1cc(C)c(NC(=O)C2CCN(S(=O)(=O)c3cc(C(N)=O)n(C)c3)CC2)c(C)c1. The number of primary amides is 1. The van der Waals surface area contributed by atoms with Crippen molar-refractivity contribution in [3.8, 4) is 0 Å². The number of amides is 2. The van der Waals surface area contributed by atoms with Crippen LogP contribution < -0.4 is 11.1 Å². The molecule has 1 fully saturated rings. The van der Waals surface area contributed by atoms with E-state index in [-0.39, 0.29) is 35.5 Å². The van der Waals surface area contributed by atoms with Gasteiger partial charge < -0.3 is 15.6 Å². The predicted octanol–water partition coefficient (Wildman–Crippen LogP) is 2.09. The molecule has 2 amide bonds. The average Bonchev–Trinajstić information content (AvgIpc) is 3.07. The molecule has 0 atom stereocenters. The minimum absolute atomic E-state index is 0.0348. The molecular weight excluding hydrogens is 404 g/mol. The summed E-state index contributed by atoms with van der Waals surface area (Å²) in [6.45, 7) is 6.43. The van der Waals surface area contributed by atoms with Crippen molar-refractivity contribution in [1.29, 1.82) is 0 Å². The highest BCUT2D eigenvalue weighted by atomic mass is 32.2. The van der Waals surface area contributed by atoms with Crippen molar-refractivity contribution in [2.24, 2.45) is 18.7 Å². The maximum atomic E-state index is 12.9. The van der Waals surface area contributed by atoms with Crippen LogP contribution in [-0.2, 0) is 21.9 Å². The first-order chi connectivity index (χ1) is 14.0. The second-order valence-corrected chi connectivity index (χ2v) is 9.92. The van der Waals surface area contributed by atoms with Gasteiger partial charge in [0.05, 0.1) is 0 Å². The Labute approximate surface area is 177 Å². The first-order valence-electron chi connectivity index (χ1n) is 9.85. The zero-order valence-electron chi connectivity index (χ0n) is 17.7. The van der Waals surface area contributed by atoms with Gasteiger partial charge in [-0.05, 0) is 50.8 Å². The molecule has 1 aliphatic heterocycles. The summed E-state index contributed by atoms with van der Waals surface area (Å²) in [6.07, 6.45) is 2.26. The summed E-state index contributed by atoms with van der Waals surface area (Å²) in [5, 5.41) is 3.02. The van der Waals surface area contributed by atoms with Crippen LogP contribution in [0.3, 0.4) is 0 Å². The Morgan fingerprint density at radius 1 is 1.07 bits per heavy atom. The number of hydrogen-bond acceptors (Lipinski definition) is 4. The first-order valence-corrected chi connectivity index (χ1v) is 11.3. The van der Waals surface area contributed by atoms with Crippen molar-refractivity contribution in [3.05, 3.63) is 46.8 Å². The quantitative estimate of drug-likeness (QED) is 0.753. The molecule has 0 spiro atoms. The van der Waals surface area contributed by atoms with Crippen LogP contribution >= 0.6 is 0 Å². The van der Waals surface area contributed by atoms with Gasteiger partial charge in [-0.2, -0.15) is 4.31 Å². The molecule has 8 nitrogen and oxygen atoms in total. The lowest BCUT2D eigenvalue weighted by Crippen LogP contribution is -2.41. The Kier molecular flexibility index (Phi) is 6.05. The number of nitrogens with one attached hydrogen (secondary N) is 1. The Morgan fingerprint density at radius 3 is 2.13 bits per heavy atom. The van der Waals surface area contributed by atoms with Gasteiger partial charge in [-0.1, -0.05) is 17.7 Å². The molecule has 0 radical (unpaired) electrons. The fourth-order valence-corrected chi connectivity index (χ4v) is 5.57. The molecule has 3 rings (SSSR count). The van der Waals surface area contributed by atoms with E-state index in [1.54, 1.807) is 7.05 Å². The molecule has 3 N–H and O–H groups in total. The Morgan fingerprint density at radius 2 is 1.63 bits per heavy atom. The lowest BCUT2D eigenvalue weighted by Gasteiger charge is -2.30. The number of nitrogens with zero attached hydrogens (tertiary/aromatic N) is 2. The number of aromatic nitrogens is 1. The lowest BCUT2D eigenvalue weighted by atomic mass is 9.96. The Bertz CT molecular complexity index is 1070. The number of nitrogens with two attached hydrogens (primary N) is 1. The summed E-state index contributed by atoms with van der Waals surface area (Å²) in [4.78, 5) is 24.2. The van der Waals surface area contributed by atoms with Crippen LogP contribution in [0.1, 0.15) is 40.0 Å². The van der Waals surface area contributed by atoms with E-state index in [1.807, 2.05) is 32.9 Å². The molecule has 1 saturated heterocycles. The molecule has 0 aliphatic carbocycles. The minimum atomic E-state index is -3.75. The van der Waals surface area contributed by atoms with E-state index in [1.165, 1.54) is 21.1 Å². The predicted molar refractivity (Wildman–Crippen MR) is 115 cm³/mol. The number of carbonyl (C=O) groups is 2. The average molecular weight is 433 g/mol. The van der Waals surface area contributed by atoms with Gasteiger partial charge in [0.2, 0.25) is 15.9 Å². The number of sulfonamides is 1. The van der Waals surface area contributed by atoms with Gasteiger partial charge in [0.1, 0.15) is 10.6 Å². The Hall–Kier alpha value is -2.65. The van der Waals surface area contributed by atoms with Crippen LogP contribution in [0.25, 0.3) is 0 Å². The Balaban J connectivity index is 1.68. The fourth-order valence-electron chi connectivity index (χ4n) is 4.03. The van der Waals surface area contributed by atoms with Crippen LogP contribution in [-0.4, -0.2) is 42.2 Å². The third-order valence-electron chi connectivity index (χ3n) is 5.62. The molecule has 0 unspecified atom stereocenters. The van der Waals surface area contributed by atoms with Gasteiger partial charge in [-0.15, -0.1) is 0 Å². The number of anilines is 1. The molecule has 0 bridgehead atoms. The molecule has 2 aromatic rings. The van der Waals surface area contributed by atoms with E-state index in [2.05, 4.69) is 5.32 Å². The summed E-state index contributed by atoms with van der Waals surface area (Å²) >= 11 is 0. The van der Waals surface area contributed by atoms with Gasteiger partial charge in [0, 0.05) is 37.9 Å². The highest BCUT2D eigenvalue weighted by Gasteiger charge is 2.33. The van der Waals surface area contributed by atoms with Crippen molar-refractivity contribution in [2.75, 3.05) is 18.4 Å². The number of hydrogen-bond donors (Lipinski definition) is 2.